The average Bonchev–Trinajstić information content (AvgIpc) is 2.82. The number of likely N-dealkylation sites (tertiary alicyclic amines) is 1. The summed E-state index contributed by atoms with van der Waals surface area (Å²) in [5, 5.41) is 0. The summed E-state index contributed by atoms with van der Waals surface area (Å²) in [6, 6.07) is 14.9. The molecule has 0 bridgehead atoms. The largest absolute Gasteiger partial charge is 0.493 e. The molecule has 0 unspecified atom stereocenters. The van der Waals surface area contributed by atoms with Gasteiger partial charge in [-0.15, -0.1) is 0 Å². The maximum atomic E-state index is 13.0. The van der Waals surface area contributed by atoms with Gasteiger partial charge in [0, 0.05) is 37.9 Å². The number of nitrogens with zero attached hydrogens (tertiary/aromatic N) is 1. The molecule has 0 atom stereocenters. The van der Waals surface area contributed by atoms with E-state index in [1.54, 1.807) is 19.1 Å². The summed E-state index contributed by atoms with van der Waals surface area (Å²) in [7, 11) is 5.21. The van der Waals surface area contributed by atoms with Crippen molar-refractivity contribution in [2.24, 2.45) is 5.92 Å². The number of rotatable bonds is 9. The van der Waals surface area contributed by atoms with Gasteiger partial charge in [-0.25, -0.2) is 0 Å². The minimum absolute atomic E-state index is 0.154. The SMILES string of the molecule is CCc1ccc(C[NH+]2CCC(C(=O)N(C)CCc3ccc(OC)c(OC)c3)CC2)cc1. The van der Waals surface area contributed by atoms with E-state index in [9.17, 15) is 4.79 Å². The number of nitrogens with one attached hydrogen (secondary N) is 1. The molecular formula is C26H37N2O3+. The molecule has 1 N–H and O–H groups in total. The molecule has 31 heavy (non-hydrogen) atoms. The highest BCUT2D eigenvalue weighted by molar-refractivity contribution is 5.78. The Labute approximate surface area is 187 Å². The molecular weight excluding hydrogens is 388 g/mol. The number of piperidine rings is 1. The first kappa shape index (κ1) is 23.1. The summed E-state index contributed by atoms with van der Waals surface area (Å²) >= 11 is 0. The fourth-order valence-electron chi connectivity index (χ4n) is 4.39. The van der Waals surface area contributed by atoms with E-state index in [2.05, 4.69) is 31.2 Å². The Morgan fingerprint density at radius 3 is 2.19 bits per heavy atom. The second-order valence-corrected chi connectivity index (χ2v) is 8.57. The van der Waals surface area contributed by atoms with E-state index in [0.29, 0.717) is 6.54 Å². The van der Waals surface area contributed by atoms with Crippen LogP contribution in [0.25, 0.3) is 0 Å². The Kier molecular flexibility index (Phi) is 8.35. The standard InChI is InChI=1S/C26H36N2O3/c1-5-20-6-8-22(9-7-20)19-28-16-13-23(14-17-28)26(29)27(2)15-12-21-10-11-24(30-3)25(18-21)31-4/h6-11,18,23H,5,12-17,19H2,1-4H3/p+1. The van der Waals surface area contributed by atoms with Gasteiger partial charge in [-0.3, -0.25) is 4.79 Å². The molecule has 3 rings (SSSR count). The van der Waals surface area contributed by atoms with Crippen molar-refractivity contribution in [2.75, 3.05) is 40.9 Å². The van der Waals surface area contributed by atoms with Crippen LogP contribution in [0.3, 0.4) is 0 Å². The smallest absolute Gasteiger partial charge is 0.225 e. The molecule has 0 aromatic heterocycles. The van der Waals surface area contributed by atoms with Gasteiger partial charge in [0.1, 0.15) is 6.54 Å². The van der Waals surface area contributed by atoms with Crippen molar-refractivity contribution in [1.29, 1.82) is 0 Å². The molecule has 0 radical (unpaired) electrons. The Bertz CT molecular complexity index is 842. The first-order chi connectivity index (χ1) is 15.0. The molecule has 0 spiro atoms. The van der Waals surface area contributed by atoms with Crippen LogP contribution in [0.4, 0.5) is 0 Å². The topological polar surface area (TPSA) is 43.2 Å². The van der Waals surface area contributed by atoms with Gasteiger partial charge in [-0.1, -0.05) is 37.3 Å². The second-order valence-electron chi connectivity index (χ2n) is 8.57. The average molecular weight is 426 g/mol. The number of amides is 1. The maximum absolute atomic E-state index is 13.0. The maximum Gasteiger partial charge on any atom is 0.225 e. The van der Waals surface area contributed by atoms with Crippen molar-refractivity contribution in [2.45, 2.75) is 39.2 Å². The van der Waals surface area contributed by atoms with Crippen LogP contribution in [0, 0.1) is 5.92 Å². The summed E-state index contributed by atoms with van der Waals surface area (Å²) in [5.74, 6) is 1.90. The van der Waals surface area contributed by atoms with Gasteiger partial charge >= 0.3 is 0 Å². The van der Waals surface area contributed by atoms with Crippen LogP contribution in [-0.4, -0.2) is 51.7 Å². The zero-order valence-electron chi connectivity index (χ0n) is 19.4. The quantitative estimate of drug-likeness (QED) is 0.672. The molecule has 168 valence electrons. The lowest BCUT2D eigenvalue weighted by Crippen LogP contribution is -3.11. The minimum Gasteiger partial charge on any atom is -0.493 e. The van der Waals surface area contributed by atoms with Crippen LogP contribution >= 0.6 is 0 Å². The molecule has 1 fully saturated rings. The van der Waals surface area contributed by atoms with E-state index >= 15 is 0 Å². The number of methoxy groups -OCH3 is 2. The normalized spacial score (nSPS) is 18.5. The summed E-state index contributed by atoms with van der Waals surface area (Å²) in [5.41, 5.74) is 3.92. The molecule has 1 saturated heterocycles. The number of quaternary nitrogens is 1. The molecule has 5 nitrogen and oxygen atoms in total. The van der Waals surface area contributed by atoms with E-state index in [1.165, 1.54) is 11.1 Å². The molecule has 1 amide bonds. The molecule has 1 aliphatic heterocycles. The van der Waals surface area contributed by atoms with Crippen molar-refractivity contribution >= 4 is 5.91 Å². The van der Waals surface area contributed by atoms with Crippen molar-refractivity contribution in [3.05, 3.63) is 59.2 Å². The number of benzene rings is 2. The summed E-state index contributed by atoms with van der Waals surface area (Å²) < 4.78 is 10.7. The molecule has 1 aliphatic rings. The zero-order chi connectivity index (χ0) is 22.2. The Balaban J connectivity index is 1.45. The lowest BCUT2D eigenvalue weighted by atomic mass is 9.94. The van der Waals surface area contributed by atoms with Gasteiger partial charge in [0.2, 0.25) is 5.91 Å². The van der Waals surface area contributed by atoms with E-state index < -0.39 is 0 Å². The van der Waals surface area contributed by atoms with Crippen molar-refractivity contribution < 1.29 is 19.2 Å². The van der Waals surface area contributed by atoms with Gasteiger partial charge in [-0.2, -0.15) is 0 Å². The van der Waals surface area contributed by atoms with Crippen LogP contribution < -0.4 is 14.4 Å². The van der Waals surface area contributed by atoms with E-state index in [1.807, 2.05) is 30.1 Å². The third-order valence-electron chi connectivity index (χ3n) is 6.49. The number of hydrogen-bond donors (Lipinski definition) is 1. The monoisotopic (exact) mass is 425 g/mol. The molecule has 2 aromatic rings. The Hall–Kier alpha value is -2.53. The summed E-state index contributed by atoms with van der Waals surface area (Å²) in [6.45, 7) is 6.09. The number of carbonyl (C=O) groups excluding carboxylic acids is 1. The van der Waals surface area contributed by atoms with Gasteiger partial charge in [0.15, 0.2) is 11.5 Å². The van der Waals surface area contributed by atoms with Crippen molar-refractivity contribution in [3.63, 3.8) is 0 Å². The fourth-order valence-corrected chi connectivity index (χ4v) is 4.39. The third kappa shape index (κ3) is 6.23. The molecule has 1 heterocycles. The molecule has 0 saturated carbocycles. The fraction of sp³-hybridized carbons (Fsp3) is 0.500. The summed E-state index contributed by atoms with van der Waals surface area (Å²) in [4.78, 5) is 16.4. The van der Waals surface area contributed by atoms with Gasteiger partial charge < -0.3 is 19.3 Å². The molecule has 2 aromatic carbocycles. The molecule has 0 aliphatic carbocycles. The lowest BCUT2D eigenvalue weighted by Gasteiger charge is -2.31. The van der Waals surface area contributed by atoms with Crippen LogP contribution in [0.2, 0.25) is 0 Å². The number of hydrogen-bond acceptors (Lipinski definition) is 3. The summed E-state index contributed by atoms with van der Waals surface area (Å²) in [6.07, 6.45) is 3.84. The van der Waals surface area contributed by atoms with Gasteiger partial charge in [0.25, 0.3) is 0 Å². The number of likely N-dealkylation sites (N-methyl/N-ethyl adjacent to an activating group) is 1. The second kappa shape index (κ2) is 11.2. The van der Waals surface area contributed by atoms with Crippen LogP contribution in [0.1, 0.15) is 36.5 Å². The molecule has 5 heteroatoms. The Morgan fingerprint density at radius 2 is 1.58 bits per heavy atom. The van der Waals surface area contributed by atoms with Gasteiger partial charge in [-0.05, 0) is 36.1 Å². The number of aryl methyl sites for hydroxylation is 1. The first-order valence-corrected chi connectivity index (χ1v) is 11.4. The van der Waals surface area contributed by atoms with Crippen molar-refractivity contribution in [1.82, 2.24) is 4.90 Å². The number of carbonyl (C=O) groups is 1. The predicted octanol–water partition coefficient (Wildman–Crippen LogP) is 2.76. The Morgan fingerprint density at radius 1 is 0.968 bits per heavy atom. The van der Waals surface area contributed by atoms with Gasteiger partial charge in [0.05, 0.1) is 27.3 Å². The predicted molar refractivity (Wildman–Crippen MR) is 124 cm³/mol. The van der Waals surface area contributed by atoms with E-state index in [4.69, 9.17) is 9.47 Å². The highest BCUT2D eigenvalue weighted by Crippen LogP contribution is 2.27. The number of ether oxygens (including phenoxy) is 2. The lowest BCUT2D eigenvalue weighted by molar-refractivity contribution is -0.919. The van der Waals surface area contributed by atoms with Crippen LogP contribution in [0.5, 0.6) is 11.5 Å². The minimum atomic E-state index is 0.154. The van der Waals surface area contributed by atoms with Crippen LogP contribution in [0.15, 0.2) is 42.5 Å². The van der Waals surface area contributed by atoms with E-state index in [-0.39, 0.29) is 11.8 Å². The highest BCUT2D eigenvalue weighted by Gasteiger charge is 2.29. The highest BCUT2D eigenvalue weighted by atomic mass is 16.5. The van der Waals surface area contributed by atoms with E-state index in [0.717, 1.165) is 62.4 Å². The first-order valence-electron chi connectivity index (χ1n) is 11.4. The van der Waals surface area contributed by atoms with Crippen LogP contribution in [-0.2, 0) is 24.2 Å². The zero-order valence-corrected chi connectivity index (χ0v) is 19.4. The van der Waals surface area contributed by atoms with Crippen molar-refractivity contribution in [3.8, 4) is 11.5 Å². The third-order valence-corrected chi connectivity index (χ3v) is 6.49.